The molecule has 3 aromatic rings. The Balaban J connectivity index is 1.27. The molecule has 0 aliphatic carbocycles. The number of ether oxygens (including phenoxy) is 1. The Morgan fingerprint density at radius 3 is 2.50 bits per heavy atom. The second kappa shape index (κ2) is 11.3. The largest absolute Gasteiger partial charge is 0.474 e. The maximum atomic E-state index is 13.6. The summed E-state index contributed by atoms with van der Waals surface area (Å²) in [5.74, 6) is 0.845. The van der Waals surface area contributed by atoms with E-state index in [1.807, 2.05) is 42.2 Å². The van der Waals surface area contributed by atoms with Crippen LogP contribution in [-0.2, 0) is 4.79 Å². The van der Waals surface area contributed by atoms with E-state index >= 15 is 0 Å². The predicted octanol–water partition coefficient (Wildman–Crippen LogP) is 4.46. The van der Waals surface area contributed by atoms with E-state index in [0.717, 1.165) is 30.4 Å². The molecule has 2 fully saturated rings. The lowest BCUT2D eigenvalue weighted by atomic mass is 9.86. The van der Waals surface area contributed by atoms with Gasteiger partial charge in [-0.25, -0.2) is 9.37 Å². The Bertz CT molecular complexity index is 1290. The molecule has 2 aliphatic heterocycles. The number of halogens is 2. The molecular formula is C28H28ClFN6O2. The van der Waals surface area contributed by atoms with E-state index < -0.39 is 5.82 Å². The molecule has 5 rings (SSSR count). The van der Waals surface area contributed by atoms with Crippen molar-refractivity contribution in [3.63, 3.8) is 0 Å². The minimum Gasteiger partial charge on any atom is -0.474 e. The number of nitrogens with zero attached hydrogens (tertiary/aromatic N) is 6. The summed E-state index contributed by atoms with van der Waals surface area (Å²) in [5, 5.41) is 17.7. The zero-order chi connectivity index (χ0) is 26.6. The van der Waals surface area contributed by atoms with E-state index in [9.17, 15) is 9.18 Å². The first-order chi connectivity index (χ1) is 18.4. The maximum absolute atomic E-state index is 13.6. The summed E-state index contributed by atoms with van der Waals surface area (Å²) in [6, 6.07) is 16.0. The molecular weight excluding hydrogens is 507 g/mol. The number of likely N-dealkylation sites (tertiary alicyclic amines) is 1. The number of hydrogen-bond donors (Lipinski definition) is 0. The van der Waals surface area contributed by atoms with Gasteiger partial charge in [0.05, 0.1) is 6.20 Å². The second-order valence-corrected chi connectivity index (χ2v) is 10.3. The fourth-order valence-corrected chi connectivity index (χ4v) is 5.55. The van der Waals surface area contributed by atoms with Crippen LogP contribution in [0.1, 0.15) is 36.9 Å². The maximum Gasteiger partial charge on any atom is 0.225 e. The van der Waals surface area contributed by atoms with E-state index in [0.29, 0.717) is 37.1 Å². The highest BCUT2D eigenvalue weighted by molar-refractivity contribution is 6.30. The fraction of sp³-hybridized carbons (Fsp3) is 0.393. The normalized spacial score (nSPS) is 20.7. The number of piperidine rings is 1. The molecule has 38 heavy (non-hydrogen) atoms. The van der Waals surface area contributed by atoms with Gasteiger partial charge in [0.15, 0.2) is 11.5 Å². The van der Waals surface area contributed by atoms with Gasteiger partial charge < -0.3 is 14.5 Å². The van der Waals surface area contributed by atoms with Crippen molar-refractivity contribution in [3.05, 3.63) is 76.8 Å². The molecule has 1 amide bonds. The van der Waals surface area contributed by atoms with Crippen molar-refractivity contribution >= 4 is 23.3 Å². The summed E-state index contributed by atoms with van der Waals surface area (Å²) in [6.45, 7) is 4.53. The van der Waals surface area contributed by atoms with Crippen molar-refractivity contribution in [3.8, 4) is 11.9 Å². The Hall–Kier alpha value is -3.77. The van der Waals surface area contributed by atoms with E-state index in [-0.39, 0.29) is 35.5 Å². The first-order valence-corrected chi connectivity index (χ1v) is 13.1. The lowest BCUT2D eigenvalue weighted by Gasteiger charge is -2.33. The number of hydrogen-bond acceptors (Lipinski definition) is 7. The molecule has 1 aromatic carbocycles. The molecule has 10 heteroatoms. The number of carbonyl (C=O) groups is 1. The van der Waals surface area contributed by atoms with Crippen LogP contribution in [0.3, 0.4) is 0 Å². The number of anilines is 1. The quantitative estimate of drug-likeness (QED) is 0.460. The van der Waals surface area contributed by atoms with Crippen LogP contribution in [-0.4, -0.2) is 58.3 Å². The Labute approximate surface area is 226 Å². The molecule has 1 unspecified atom stereocenters. The molecule has 0 saturated carbocycles. The molecule has 0 bridgehead atoms. The third-order valence-corrected chi connectivity index (χ3v) is 7.77. The Morgan fingerprint density at radius 2 is 1.87 bits per heavy atom. The fourth-order valence-electron chi connectivity index (χ4n) is 5.42. The second-order valence-electron chi connectivity index (χ2n) is 9.85. The van der Waals surface area contributed by atoms with Gasteiger partial charge in [-0.15, -0.1) is 10.2 Å². The summed E-state index contributed by atoms with van der Waals surface area (Å²) < 4.78 is 19.4. The highest BCUT2D eigenvalue weighted by Gasteiger charge is 2.42. The standard InChI is InChI=1S/C28H28ClFN6O2/c1-18(38-27-9-6-22(30)15-32-27)24-16-36(17-25(24)19-2-4-21(29)5-3-19)28(37)20-10-12-35(13-11-20)26-8-7-23(14-31)33-34-26/h2-9,15,18,20,24-25H,10-13,16-17H2,1H3/t18?,24-,25-/m1/s1. The highest BCUT2D eigenvalue weighted by atomic mass is 35.5. The number of aromatic nitrogens is 3. The van der Waals surface area contributed by atoms with Gasteiger partial charge in [0.25, 0.3) is 0 Å². The van der Waals surface area contributed by atoms with Crippen molar-refractivity contribution in [1.82, 2.24) is 20.1 Å². The summed E-state index contributed by atoms with van der Waals surface area (Å²) in [5.41, 5.74) is 1.39. The lowest BCUT2D eigenvalue weighted by molar-refractivity contribution is -0.135. The average Bonchev–Trinajstić information content (AvgIpc) is 3.40. The van der Waals surface area contributed by atoms with Gasteiger partial charge in [-0.1, -0.05) is 23.7 Å². The van der Waals surface area contributed by atoms with Crippen LogP contribution in [0.4, 0.5) is 10.2 Å². The average molecular weight is 535 g/mol. The lowest BCUT2D eigenvalue weighted by Crippen LogP contribution is -2.42. The molecule has 0 spiro atoms. The zero-order valence-electron chi connectivity index (χ0n) is 21.0. The summed E-state index contributed by atoms with van der Waals surface area (Å²) >= 11 is 6.13. The first kappa shape index (κ1) is 25.9. The number of carbonyl (C=O) groups excluding carboxylic acids is 1. The van der Waals surface area contributed by atoms with E-state index in [4.69, 9.17) is 21.6 Å². The summed E-state index contributed by atoms with van der Waals surface area (Å²) in [6.07, 6.45) is 2.33. The number of nitriles is 1. The zero-order valence-corrected chi connectivity index (χ0v) is 21.8. The van der Waals surface area contributed by atoms with E-state index in [2.05, 4.69) is 20.1 Å². The minimum atomic E-state index is -0.418. The van der Waals surface area contributed by atoms with Crippen molar-refractivity contribution in [1.29, 1.82) is 5.26 Å². The third kappa shape index (κ3) is 5.70. The SMILES string of the molecule is CC(Oc1ccc(F)cn1)[C@H]1CN(C(=O)C2CCN(c3ccc(C#N)nn3)CC2)C[C@@H]1c1ccc(Cl)cc1. The monoisotopic (exact) mass is 534 g/mol. The molecule has 0 radical (unpaired) electrons. The number of pyridine rings is 1. The smallest absolute Gasteiger partial charge is 0.225 e. The molecule has 2 saturated heterocycles. The van der Waals surface area contributed by atoms with Gasteiger partial charge in [0.1, 0.15) is 18.0 Å². The molecule has 8 nitrogen and oxygen atoms in total. The molecule has 2 aliphatic rings. The van der Waals surface area contributed by atoms with Crippen molar-refractivity contribution in [2.45, 2.75) is 31.8 Å². The molecule has 4 heterocycles. The molecule has 196 valence electrons. The van der Waals surface area contributed by atoms with Gasteiger partial charge >= 0.3 is 0 Å². The number of amides is 1. The van der Waals surface area contributed by atoms with Crippen LogP contribution in [0.25, 0.3) is 0 Å². The van der Waals surface area contributed by atoms with Gasteiger partial charge in [-0.05, 0) is 55.7 Å². The topological polar surface area (TPSA) is 95.2 Å². The molecule has 2 aromatic heterocycles. The third-order valence-electron chi connectivity index (χ3n) is 7.52. The van der Waals surface area contributed by atoms with Gasteiger partial charge in [0, 0.05) is 55.0 Å². The van der Waals surface area contributed by atoms with Crippen LogP contribution in [0.5, 0.6) is 5.88 Å². The van der Waals surface area contributed by atoms with Crippen LogP contribution in [0.2, 0.25) is 5.02 Å². The van der Waals surface area contributed by atoms with E-state index in [1.54, 1.807) is 12.1 Å². The molecule has 3 atom stereocenters. The predicted molar refractivity (Wildman–Crippen MR) is 140 cm³/mol. The van der Waals surface area contributed by atoms with Crippen LogP contribution in [0.15, 0.2) is 54.7 Å². The van der Waals surface area contributed by atoms with Crippen LogP contribution in [0, 0.1) is 29.0 Å². The van der Waals surface area contributed by atoms with Crippen LogP contribution < -0.4 is 9.64 Å². The van der Waals surface area contributed by atoms with Gasteiger partial charge in [0.2, 0.25) is 11.8 Å². The van der Waals surface area contributed by atoms with Gasteiger partial charge in [-0.3, -0.25) is 4.79 Å². The minimum absolute atomic E-state index is 0.0287. The van der Waals surface area contributed by atoms with Crippen LogP contribution >= 0.6 is 11.6 Å². The Kier molecular flexibility index (Phi) is 7.70. The summed E-state index contributed by atoms with van der Waals surface area (Å²) in [4.78, 5) is 21.8. The van der Waals surface area contributed by atoms with Crippen molar-refractivity contribution < 1.29 is 13.9 Å². The Morgan fingerprint density at radius 1 is 1.11 bits per heavy atom. The highest BCUT2D eigenvalue weighted by Crippen LogP contribution is 2.38. The number of rotatable bonds is 6. The first-order valence-electron chi connectivity index (χ1n) is 12.7. The number of benzene rings is 1. The van der Waals surface area contributed by atoms with E-state index in [1.165, 1.54) is 12.1 Å². The van der Waals surface area contributed by atoms with Crippen molar-refractivity contribution in [2.24, 2.45) is 11.8 Å². The summed E-state index contributed by atoms with van der Waals surface area (Å²) in [7, 11) is 0. The van der Waals surface area contributed by atoms with Gasteiger partial charge in [-0.2, -0.15) is 5.26 Å². The molecule has 0 N–H and O–H groups in total. The van der Waals surface area contributed by atoms with Crippen molar-refractivity contribution in [2.75, 3.05) is 31.1 Å².